The minimum absolute atomic E-state index is 0.138. The molecule has 114 valence electrons. The zero-order valence-corrected chi connectivity index (χ0v) is 13.3. The molecule has 0 aromatic carbocycles. The molecule has 0 aliphatic carbocycles. The summed E-state index contributed by atoms with van der Waals surface area (Å²) in [6.45, 7) is 8.74. The normalized spacial score (nSPS) is 20.3. The second-order valence-corrected chi connectivity index (χ2v) is 6.45. The Morgan fingerprint density at radius 2 is 2.29 bits per heavy atom. The van der Waals surface area contributed by atoms with Crippen LogP contribution in [0.1, 0.15) is 31.3 Å². The fourth-order valence-electron chi connectivity index (χ4n) is 2.37. The smallest absolute Gasteiger partial charge is 0.270 e. The van der Waals surface area contributed by atoms with Crippen molar-refractivity contribution in [3.8, 4) is 10.8 Å². The van der Waals surface area contributed by atoms with Gasteiger partial charge in [0.15, 0.2) is 0 Å². The van der Waals surface area contributed by atoms with Crippen molar-refractivity contribution in [1.29, 1.82) is 0 Å². The van der Waals surface area contributed by atoms with Gasteiger partial charge in [-0.15, -0.1) is 11.3 Å². The molecule has 0 radical (unpaired) electrons. The van der Waals surface area contributed by atoms with E-state index in [1.54, 1.807) is 0 Å². The van der Waals surface area contributed by atoms with Gasteiger partial charge in [0.05, 0.1) is 12.3 Å². The van der Waals surface area contributed by atoms with Crippen molar-refractivity contribution < 1.29 is 9.26 Å². The number of nitrogens with zero attached hydrogens (tertiary/aromatic N) is 3. The van der Waals surface area contributed by atoms with Crippen LogP contribution in [0.25, 0.3) is 10.8 Å². The molecule has 2 N–H and O–H groups in total. The number of nitrogen functional groups attached to an aromatic ring is 1. The Bertz CT molecular complexity index is 622. The highest BCUT2D eigenvalue weighted by molar-refractivity contribution is 7.14. The highest BCUT2D eigenvalue weighted by Gasteiger charge is 2.28. The maximum atomic E-state index is 6.03. The zero-order valence-electron chi connectivity index (χ0n) is 12.5. The fourth-order valence-corrected chi connectivity index (χ4v) is 3.26. The number of anilines is 1. The SMILES string of the molecule is Cc1csc(-c2nc(C3CN(C(C)C)CCO3)no2)c1N. The van der Waals surface area contributed by atoms with Gasteiger partial charge in [-0.1, -0.05) is 5.16 Å². The quantitative estimate of drug-likeness (QED) is 0.938. The number of hydrogen-bond acceptors (Lipinski definition) is 7. The fraction of sp³-hybridized carbons (Fsp3) is 0.571. The van der Waals surface area contributed by atoms with E-state index in [1.165, 1.54) is 11.3 Å². The van der Waals surface area contributed by atoms with E-state index in [-0.39, 0.29) is 6.10 Å². The van der Waals surface area contributed by atoms with Crippen LogP contribution in [0.15, 0.2) is 9.90 Å². The third kappa shape index (κ3) is 2.81. The van der Waals surface area contributed by atoms with Gasteiger partial charge in [0.2, 0.25) is 5.82 Å². The monoisotopic (exact) mass is 308 g/mol. The topological polar surface area (TPSA) is 77.4 Å². The Morgan fingerprint density at radius 1 is 1.48 bits per heavy atom. The number of rotatable bonds is 3. The van der Waals surface area contributed by atoms with Gasteiger partial charge >= 0.3 is 0 Å². The third-order valence-corrected chi connectivity index (χ3v) is 4.88. The lowest BCUT2D eigenvalue weighted by molar-refractivity contribution is -0.0450. The molecule has 6 nitrogen and oxygen atoms in total. The van der Waals surface area contributed by atoms with Crippen molar-refractivity contribution >= 4 is 17.0 Å². The lowest BCUT2D eigenvalue weighted by Crippen LogP contribution is -2.42. The van der Waals surface area contributed by atoms with E-state index in [0.29, 0.717) is 30.1 Å². The average Bonchev–Trinajstić information content (AvgIpc) is 3.07. The number of aromatic nitrogens is 2. The van der Waals surface area contributed by atoms with Gasteiger partial charge in [0, 0.05) is 19.1 Å². The van der Waals surface area contributed by atoms with Crippen LogP contribution in [0.4, 0.5) is 5.69 Å². The van der Waals surface area contributed by atoms with Crippen LogP contribution in [0.5, 0.6) is 0 Å². The molecule has 1 aliphatic rings. The van der Waals surface area contributed by atoms with E-state index in [0.717, 1.165) is 23.5 Å². The molecule has 7 heteroatoms. The Labute approximate surface area is 127 Å². The van der Waals surface area contributed by atoms with Gasteiger partial charge < -0.3 is 15.0 Å². The molecule has 3 rings (SSSR count). The summed E-state index contributed by atoms with van der Waals surface area (Å²) in [5, 5.41) is 6.07. The molecule has 1 atom stereocenters. The average molecular weight is 308 g/mol. The largest absolute Gasteiger partial charge is 0.397 e. The van der Waals surface area contributed by atoms with Gasteiger partial charge in [-0.2, -0.15) is 4.98 Å². The van der Waals surface area contributed by atoms with Crippen LogP contribution >= 0.6 is 11.3 Å². The van der Waals surface area contributed by atoms with Crippen molar-refractivity contribution in [2.45, 2.75) is 32.9 Å². The van der Waals surface area contributed by atoms with Crippen molar-refractivity contribution in [2.24, 2.45) is 0 Å². The third-order valence-electron chi connectivity index (χ3n) is 3.78. The number of hydrogen-bond donors (Lipinski definition) is 1. The Morgan fingerprint density at radius 3 is 2.95 bits per heavy atom. The van der Waals surface area contributed by atoms with E-state index in [2.05, 4.69) is 28.9 Å². The number of thiophene rings is 1. The lowest BCUT2D eigenvalue weighted by Gasteiger charge is -2.34. The molecule has 0 spiro atoms. The summed E-state index contributed by atoms with van der Waals surface area (Å²) in [5.41, 5.74) is 7.78. The number of aryl methyl sites for hydroxylation is 1. The Kier molecular flexibility index (Phi) is 3.97. The Balaban J connectivity index is 1.80. The minimum Gasteiger partial charge on any atom is -0.397 e. The molecule has 1 aliphatic heterocycles. The van der Waals surface area contributed by atoms with E-state index in [9.17, 15) is 0 Å². The van der Waals surface area contributed by atoms with Crippen LogP contribution in [0.3, 0.4) is 0 Å². The van der Waals surface area contributed by atoms with Crippen LogP contribution in [0.2, 0.25) is 0 Å². The summed E-state index contributed by atoms with van der Waals surface area (Å²) < 4.78 is 11.1. The number of nitrogens with two attached hydrogens (primary N) is 1. The first kappa shape index (κ1) is 14.5. The summed E-state index contributed by atoms with van der Waals surface area (Å²) in [4.78, 5) is 7.66. The molecular weight excluding hydrogens is 288 g/mol. The summed E-state index contributed by atoms with van der Waals surface area (Å²) >= 11 is 1.52. The molecule has 21 heavy (non-hydrogen) atoms. The maximum absolute atomic E-state index is 6.03. The van der Waals surface area contributed by atoms with Gasteiger partial charge in [-0.05, 0) is 31.7 Å². The van der Waals surface area contributed by atoms with Gasteiger partial charge in [0.1, 0.15) is 11.0 Å². The first-order chi connectivity index (χ1) is 10.1. The molecule has 0 amide bonds. The summed E-state index contributed by atoms with van der Waals surface area (Å²) in [7, 11) is 0. The van der Waals surface area contributed by atoms with E-state index in [1.807, 2.05) is 12.3 Å². The highest BCUT2D eigenvalue weighted by atomic mass is 32.1. The highest BCUT2D eigenvalue weighted by Crippen LogP contribution is 2.34. The summed E-state index contributed by atoms with van der Waals surface area (Å²) in [6.07, 6.45) is -0.138. The number of ether oxygens (including phenoxy) is 1. The molecule has 3 heterocycles. The number of morpholine rings is 1. The minimum atomic E-state index is -0.138. The molecule has 1 unspecified atom stereocenters. The van der Waals surface area contributed by atoms with E-state index >= 15 is 0 Å². The molecule has 0 bridgehead atoms. The maximum Gasteiger partial charge on any atom is 0.270 e. The van der Waals surface area contributed by atoms with Gasteiger partial charge in [-0.25, -0.2) is 0 Å². The van der Waals surface area contributed by atoms with Crippen LogP contribution in [-0.4, -0.2) is 40.8 Å². The molecule has 2 aromatic rings. The lowest BCUT2D eigenvalue weighted by atomic mass is 10.2. The first-order valence-electron chi connectivity index (χ1n) is 7.09. The first-order valence-corrected chi connectivity index (χ1v) is 7.97. The molecule has 0 saturated carbocycles. The second-order valence-electron chi connectivity index (χ2n) is 5.57. The van der Waals surface area contributed by atoms with Gasteiger partial charge in [-0.3, -0.25) is 4.90 Å². The van der Waals surface area contributed by atoms with Crippen LogP contribution < -0.4 is 5.73 Å². The van der Waals surface area contributed by atoms with Gasteiger partial charge in [0.25, 0.3) is 5.89 Å². The van der Waals surface area contributed by atoms with E-state index < -0.39 is 0 Å². The van der Waals surface area contributed by atoms with Crippen LogP contribution in [0, 0.1) is 6.92 Å². The van der Waals surface area contributed by atoms with E-state index in [4.69, 9.17) is 15.0 Å². The van der Waals surface area contributed by atoms with Crippen molar-refractivity contribution in [1.82, 2.24) is 15.0 Å². The van der Waals surface area contributed by atoms with Crippen molar-refractivity contribution in [3.05, 3.63) is 16.8 Å². The zero-order chi connectivity index (χ0) is 15.0. The summed E-state index contributed by atoms with van der Waals surface area (Å²) in [6, 6.07) is 0.485. The standard InChI is InChI=1S/C14H20N4O2S/c1-8(2)18-4-5-19-10(6-18)13-16-14(20-17-13)12-11(15)9(3)7-21-12/h7-8,10H,4-6,15H2,1-3H3. The Hall–Kier alpha value is -1.44. The predicted octanol–water partition coefficient (Wildman–Crippen LogP) is 2.47. The van der Waals surface area contributed by atoms with Crippen LogP contribution in [-0.2, 0) is 4.74 Å². The second kappa shape index (κ2) is 5.75. The molecular formula is C14H20N4O2S. The molecule has 2 aromatic heterocycles. The van der Waals surface area contributed by atoms with Crippen molar-refractivity contribution in [3.63, 3.8) is 0 Å². The van der Waals surface area contributed by atoms with Crippen molar-refractivity contribution in [2.75, 3.05) is 25.4 Å². The molecule has 1 fully saturated rings. The molecule has 1 saturated heterocycles. The summed E-state index contributed by atoms with van der Waals surface area (Å²) in [5.74, 6) is 1.08. The predicted molar refractivity (Wildman–Crippen MR) is 82.2 cm³/mol.